The predicted molar refractivity (Wildman–Crippen MR) is 23.2 cm³/mol. The van der Waals surface area contributed by atoms with E-state index in [0.29, 0.717) is 6.61 Å². The molecule has 0 aliphatic carbocycles. The molecule has 7 heavy (non-hydrogen) atoms. The maximum Gasteiger partial charge on any atom is 0.181 e. The van der Waals surface area contributed by atoms with Crippen LogP contribution in [0.15, 0.2) is 0 Å². The van der Waals surface area contributed by atoms with E-state index >= 15 is 0 Å². The molecule has 1 radical (unpaired) electrons. The fraction of sp³-hybridized carbons (Fsp3) is 1.00. The molecule has 0 aromatic carbocycles. The quantitative estimate of drug-likeness (QED) is 0.504. The van der Waals surface area contributed by atoms with Gasteiger partial charge < -0.3 is 9.84 Å². The van der Waals surface area contributed by atoms with Gasteiger partial charge in [0.1, 0.15) is 6.61 Å². The van der Waals surface area contributed by atoms with Crippen molar-refractivity contribution in [2.45, 2.75) is 13.2 Å². The van der Waals surface area contributed by atoms with E-state index in [1.54, 1.807) is 6.92 Å². The van der Waals surface area contributed by atoms with Crippen LogP contribution in [0, 0.1) is 0 Å². The van der Waals surface area contributed by atoms with Crippen LogP contribution in [0.2, 0.25) is 0 Å². The third-order valence-electron chi connectivity index (χ3n) is 0.502. The second-order valence-corrected chi connectivity index (χ2v) is 1.08. The van der Waals surface area contributed by atoms with Crippen LogP contribution < -0.4 is 0 Å². The molecule has 1 N–H and O–H groups in total. The molecule has 0 fully saturated rings. The van der Waals surface area contributed by atoms with Gasteiger partial charge in [0.2, 0.25) is 0 Å². The van der Waals surface area contributed by atoms with Crippen LogP contribution in [0.4, 0.5) is 0 Å². The highest BCUT2D eigenvalue weighted by atomic mass is 16.6. The first-order valence-corrected chi connectivity index (χ1v) is 2.19. The largest absolute Gasteiger partial charge is 0.366 e. The van der Waals surface area contributed by atoms with Crippen LogP contribution in [-0.2, 0) is 9.84 Å². The van der Waals surface area contributed by atoms with Gasteiger partial charge in [0, 0.05) is 6.61 Å². The van der Waals surface area contributed by atoms with Crippen molar-refractivity contribution < 1.29 is 14.9 Å². The fourth-order valence-electron chi connectivity index (χ4n) is 0.240. The lowest BCUT2D eigenvalue weighted by molar-refractivity contribution is -0.133. The average Bonchev–Trinajstić information content (AvgIpc) is 1.68. The van der Waals surface area contributed by atoms with Crippen LogP contribution in [0.1, 0.15) is 6.92 Å². The number of hydrogen-bond donors (Lipinski definition) is 1. The predicted octanol–water partition coefficient (Wildman–Crippen LogP) is -0.228. The van der Waals surface area contributed by atoms with Gasteiger partial charge in [-0.1, -0.05) is 0 Å². The Morgan fingerprint density at radius 1 is 1.86 bits per heavy atom. The van der Waals surface area contributed by atoms with Crippen molar-refractivity contribution in [1.29, 1.82) is 0 Å². The molecule has 3 heteroatoms. The first kappa shape index (κ1) is 6.88. The summed E-state index contributed by atoms with van der Waals surface area (Å²) in [6.45, 7) is 1.54. The minimum absolute atomic E-state index is 0.392. The van der Waals surface area contributed by atoms with Gasteiger partial charge in [0.25, 0.3) is 0 Å². The second-order valence-electron chi connectivity index (χ2n) is 1.08. The van der Waals surface area contributed by atoms with Crippen LogP contribution in [0.25, 0.3) is 0 Å². The topological polar surface area (TPSA) is 49.4 Å². The molecule has 0 aliphatic heterocycles. The number of aliphatic hydroxyl groups is 1. The van der Waals surface area contributed by atoms with Crippen molar-refractivity contribution in [2.75, 3.05) is 13.2 Å². The van der Waals surface area contributed by atoms with Crippen molar-refractivity contribution in [2.24, 2.45) is 0 Å². The van der Waals surface area contributed by atoms with Gasteiger partial charge in [0.15, 0.2) is 6.29 Å². The standard InChI is InChI=1S/C4H9O3/c1-2-7-4(6)3-5/h4,6H,2-3H2,1H3. The smallest absolute Gasteiger partial charge is 0.181 e. The van der Waals surface area contributed by atoms with Gasteiger partial charge in [-0.05, 0) is 6.92 Å². The van der Waals surface area contributed by atoms with Crippen LogP contribution >= 0.6 is 0 Å². The van der Waals surface area contributed by atoms with Crippen LogP contribution in [0.3, 0.4) is 0 Å². The zero-order chi connectivity index (χ0) is 5.70. The summed E-state index contributed by atoms with van der Waals surface area (Å²) in [6.07, 6.45) is -1.11. The summed E-state index contributed by atoms with van der Waals surface area (Å²) in [5.74, 6) is 0. The maximum absolute atomic E-state index is 9.64. The molecule has 0 saturated heterocycles. The third-order valence-corrected chi connectivity index (χ3v) is 0.502. The average molecular weight is 105 g/mol. The summed E-state index contributed by atoms with van der Waals surface area (Å²) in [6, 6.07) is 0. The molecule has 0 aromatic rings. The Morgan fingerprint density at radius 3 is 2.57 bits per heavy atom. The Labute approximate surface area is 42.5 Å². The van der Waals surface area contributed by atoms with E-state index in [4.69, 9.17) is 5.11 Å². The summed E-state index contributed by atoms with van der Waals surface area (Å²) in [5.41, 5.74) is 0. The zero-order valence-corrected chi connectivity index (χ0v) is 4.26. The Balaban J connectivity index is 2.83. The summed E-state index contributed by atoms with van der Waals surface area (Å²) < 4.78 is 4.43. The monoisotopic (exact) mass is 105 g/mol. The van der Waals surface area contributed by atoms with Gasteiger partial charge in [-0.25, -0.2) is 5.11 Å². The molecule has 1 atom stereocenters. The van der Waals surface area contributed by atoms with Crippen molar-refractivity contribution >= 4 is 0 Å². The van der Waals surface area contributed by atoms with Crippen molar-refractivity contribution in [3.63, 3.8) is 0 Å². The van der Waals surface area contributed by atoms with E-state index in [9.17, 15) is 5.11 Å². The Kier molecular flexibility index (Phi) is 3.98. The summed E-state index contributed by atoms with van der Waals surface area (Å²) >= 11 is 0. The molecule has 3 nitrogen and oxygen atoms in total. The van der Waals surface area contributed by atoms with E-state index in [2.05, 4.69) is 4.74 Å². The first-order chi connectivity index (χ1) is 3.31. The van der Waals surface area contributed by atoms with E-state index < -0.39 is 12.9 Å². The molecule has 0 bridgehead atoms. The fourth-order valence-corrected chi connectivity index (χ4v) is 0.240. The van der Waals surface area contributed by atoms with Gasteiger partial charge in [-0.3, -0.25) is 0 Å². The third kappa shape index (κ3) is 3.72. The minimum Gasteiger partial charge on any atom is -0.366 e. The second kappa shape index (κ2) is 4.05. The molecular formula is C4H9O3. The van der Waals surface area contributed by atoms with Gasteiger partial charge in [-0.2, -0.15) is 0 Å². The van der Waals surface area contributed by atoms with E-state index in [0.717, 1.165) is 0 Å². The first-order valence-electron chi connectivity index (χ1n) is 2.19. The lowest BCUT2D eigenvalue weighted by Crippen LogP contribution is -2.14. The molecule has 0 rings (SSSR count). The number of aliphatic hydroxyl groups excluding tert-OH is 1. The van der Waals surface area contributed by atoms with Crippen LogP contribution in [-0.4, -0.2) is 24.6 Å². The lowest BCUT2D eigenvalue weighted by Gasteiger charge is -2.02. The van der Waals surface area contributed by atoms with Gasteiger partial charge >= 0.3 is 0 Å². The minimum atomic E-state index is -1.11. The maximum atomic E-state index is 9.64. The zero-order valence-electron chi connectivity index (χ0n) is 4.26. The SMILES string of the molecule is CCOC(O)C[O]. The summed E-state index contributed by atoms with van der Waals surface area (Å²) in [5, 5.41) is 18.0. The molecule has 0 heterocycles. The molecule has 1 unspecified atom stereocenters. The number of hydrogen-bond acceptors (Lipinski definition) is 2. The van der Waals surface area contributed by atoms with Gasteiger partial charge in [-0.15, -0.1) is 0 Å². The Bertz CT molecular complexity index is 37.9. The molecule has 43 valence electrons. The molecule has 0 amide bonds. The van der Waals surface area contributed by atoms with E-state index in [1.807, 2.05) is 0 Å². The lowest BCUT2D eigenvalue weighted by atomic mass is 10.7. The van der Waals surface area contributed by atoms with Crippen LogP contribution in [0.5, 0.6) is 0 Å². The molecule has 0 saturated carbocycles. The molecular weight excluding hydrogens is 96.0 g/mol. The normalized spacial score (nSPS) is 14.1. The summed E-state index contributed by atoms with van der Waals surface area (Å²) in [4.78, 5) is 0. The van der Waals surface area contributed by atoms with E-state index in [1.165, 1.54) is 0 Å². The number of ether oxygens (including phenoxy) is 1. The highest BCUT2D eigenvalue weighted by Gasteiger charge is 1.96. The van der Waals surface area contributed by atoms with Crippen molar-refractivity contribution in [3.8, 4) is 0 Å². The Morgan fingerprint density at radius 2 is 2.43 bits per heavy atom. The molecule has 0 spiro atoms. The number of rotatable bonds is 3. The van der Waals surface area contributed by atoms with Crippen molar-refractivity contribution in [1.82, 2.24) is 0 Å². The summed E-state index contributed by atoms with van der Waals surface area (Å²) in [7, 11) is 0. The Hall–Kier alpha value is -0.120. The van der Waals surface area contributed by atoms with E-state index in [-0.39, 0.29) is 0 Å². The van der Waals surface area contributed by atoms with Gasteiger partial charge in [0.05, 0.1) is 0 Å². The van der Waals surface area contributed by atoms with Crippen molar-refractivity contribution in [3.05, 3.63) is 0 Å². The molecule has 0 aliphatic rings. The molecule has 0 aromatic heterocycles. The highest BCUT2D eigenvalue weighted by Crippen LogP contribution is 1.81. The highest BCUT2D eigenvalue weighted by molar-refractivity contribution is 4.28.